The standard InChI is InChI=1S/C20H22N2O3/c1-13(23)15-7-8-18(25-2)16(11-15)12-22-10-9-14-5-3-4-6-17(14)19(22)20(21)24/h3-8,11,19H,9-10,12H2,1-2H3,(H2,21,24)/t19-/m0/s1. The molecule has 1 heterocycles. The summed E-state index contributed by atoms with van der Waals surface area (Å²) in [6.07, 6.45) is 0.856. The molecule has 0 radical (unpaired) electrons. The Balaban J connectivity index is 1.96. The summed E-state index contributed by atoms with van der Waals surface area (Å²) in [6, 6.07) is 12.8. The molecular formula is C20H22N2O3. The average Bonchev–Trinajstić information content (AvgIpc) is 2.61. The molecule has 130 valence electrons. The van der Waals surface area contributed by atoms with Crippen molar-refractivity contribution in [2.45, 2.75) is 25.9 Å². The summed E-state index contributed by atoms with van der Waals surface area (Å²) in [5.41, 5.74) is 9.33. The summed E-state index contributed by atoms with van der Waals surface area (Å²) < 4.78 is 5.43. The van der Waals surface area contributed by atoms with Gasteiger partial charge in [-0.2, -0.15) is 0 Å². The van der Waals surface area contributed by atoms with Crippen molar-refractivity contribution in [3.05, 3.63) is 64.7 Å². The number of carbonyl (C=O) groups excluding carboxylic acids is 2. The second-order valence-electron chi connectivity index (χ2n) is 6.31. The minimum atomic E-state index is -0.476. The summed E-state index contributed by atoms with van der Waals surface area (Å²) in [7, 11) is 1.60. The molecule has 0 aromatic heterocycles. The van der Waals surface area contributed by atoms with Crippen LogP contribution in [0.25, 0.3) is 0 Å². The highest BCUT2D eigenvalue weighted by Crippen LogP contribution is 2.32. The number of hydrogen-bond donors (Lipinski definition) is 1. The zero-order chi connectivity index (χ0) is 18.0. The van der Waals surface area contributed by atoms with Crippen LogP contribution in [-0.2, 0) is 17.8 Å². The van der Waals surface area contributed by atoms with Crippen LogP contribution in [-0.4, -0.2) is 30.2 Å². The fraction of sp³-hybridized carbons (Fsp3) is 0.300. The highest BCUT2D eigenvalue weighted by atomic mass is 16.5. The van der Waals surface area contributed by atoms with Gasteiger partial charge in [-0.25, -0.2) is 0 Å². The summed E-state index contributed by atoms with van der Waals surface area (Å²) in [5.74, 6) is 0.334. The number of primary amides is 1. The van der Waals surface area contributed by atoms with E-state index in [1.165, 1.54) is 6.92 Å². The number of ketones is 1. The van der Waals surface area contributed by atoms with Gasteiger partial charge in [0.25, 0.3) is 0 Å². The van der Waals surface area contributed by atoms with Gasteiger partial charge in [0, 0.05) is 24.2 Å². The van der Waals surface area contributed by atoms with E-state index >= 15 is 0 Å². The molecule has 1 aliphatic heterocycles. The Hall–Kier alpha value is -2.66. The number of hydrogen-bond acceptors (Lipinski definition) is 4. The lowest BCUT2D eigenvalue weighted by atomic mass is 9.91. The lowest BCUT2D eigenvalue weighted by Gasteiger charge is -2.35. The fourth-order valence-corrected chi connectivity index (χ4v) is 3.46. The van der Waals surface area contributed by atoms with Crippen LogP contribution >= 0.6 is 0 Å². The van der Waals surface area contributed by atoms with Crippen LogP contribution in [0.4, 0.5) is 0 Å². The van der Waals surface area contributed by atoms with E-state index in [9.17, 15) is 9.59 Å². The maximum absolute atomic E-state index is 12.1. The number of Topliss-reactive ketones (excluding diaryl/α,β-unsaturated/α-hetero) is 1. The first-order valence-electron chi connectivity index (χ1n) is 8.30. The van der Waals surface area contributed by atoms with Gasteiger partial charge in [0.1, 0.15) is 11.8 Å². The van der Waals surface area contributed by atoms with Gasteiger partial charge < -0.3 is 10.5 Å². The summed E-state index contributed by atoms with van der Waals surface area (Å²) in [6.45, 7) is 2.75. The second-order valence-corrected chi connectivity index (χ2v) is 6.31. The molecule has 0 saturated heterocycles. The Labute approximate surface area is 147 Å². The quantitative estimate of drug-likeness (QED) is 0.850. The van der Waals surface area contributed by atoms with Crippen molar-refractivity contribution in [3.63, 3.8) is 0 Å². The summed E-state index contributed by atoms with van der Waals surface area (Å²) in [4.78, 5) is 25.9. The van der Waals surface area contributed by atoms with Crippen LogP contribution < -0.4 is 10.5 Å². The summed E-state index contributed by atoms with van der Waals surface area (Å²) in [5, 5.41) is 0. The molecular weight excluding hydrogens is 316 g/mol. The minimum Gasteiger partial charge on any atom is -0.496 e. The van der Waals surface area contributed by atoms with Crippen LogP contribution in [0.5, 0.6) is 5.75 Å². The van der Waals surface area contributed by atoms with Crippen molar-refractivity contribution in [1.82, 2.24) is 4.90 Å². The maximum Gasteiger partial charge on any atom is 0.239 e. The topological polar surface area (TPSA) is 72.6 Å². The number of nitrogens with zero attached hydrogens (tertiary/aromatic N) is 1. The van der Waals surface area contributed by atoms with Crippen LogP contribution in [0.3, 0.4) is 0 Å². The molecule has 1 aliphatic rings. The van der Waals surface area contributed by atoms with E-state index in [2.05, 4.69) is 0 Å². The van der Waals surface area contributed by atoms with Crippen LogP contribution in [0.2, 0.25) is 0 Å². The lowest BCUT2D eigenvalue weighted by Crippen LogP contribution is -2.42. The Morgan fingerprint density at radius 2 is 2.00 bits per heavy atom. The number of benzene rings is 2. The third-order valence-electron chi connectivity index (χ3n) is 4.71. The van der Waals surface area contributed by atoms with Gasteiger partial charge >= 0.3 is 0 Å². The zero-order valence-electron chi connectivity index (χ0n) is 14.5. The van der Waals surface area contributed by atoms with Crippen molar-refractivity contribution < 1.29 is 14.3 Å². The molecule has 0 aliphatic carbocycles. The number of fused-ring (bicyclic) bond motifs is 1. The highest BCUT2D eigenvalue weighted by molar-refractivity contribution is 5.94. The number of methoxy groups -OCH3 is 1. The van der Waals surface area contributed by atoms with Crippen molar-refractivity contribution in [1.29, 1.82) is 0 Å². The van der Waals surface area contributed by atoms with E-state index in [4.69, 9.17) is 10.5 Å². The molecule has 0 fully saturated rings. The monoisotopic (exact) mass is 338 g/mol. The molecule has 0 unspecified atom stereocenters. The number of rotatable bonds is 5. The van der Waals surface area contributed by atoms with Gasteiger partial charge in [0.05, 0.1) is 7.11 Å². The van der Waals surface area contributed by atoms with E-state index in [1.807, 2.05) is 35.2 Å². The molecule has 1 amide bonds. The fourth-order valence-electron chi connectivity index (χ4n) is 3.46. The zero-order valence-corrected chi connectivity index (χ0v) is 14.5. The molecule has 5 nitrogen and oxygen atoms in total. The predicted octanol–water partition coefficient (Wildman–Crippen LogP) is 2.48. The Bertz CT molecular complexity index is 816. The van der Waals surface area contributed by atoms with Crippen molar-refractivity contribution >= 4 is 11.7 Å². The normalized spacial score (nSPS) is 17.0. The lowest BCUT2D eigenvalue weighted by molar-refractivity contribution is -0.124. The van der Waals surface area contributed by atoms with E-state index < -0.39 is 6.04 Å². The molecule has 0 spiro atoms. The van der Waals surface area contributed by atoms with Crippen molar-refractivity contribution in [3.8, 4) is 5.75 Å². The third kappa shape index (κ3) is 3.42. The molecule has 2 N–H and O–H groups in total. The Kier molecular flexibility index (Phi) is 4.86. The first kappa shape index (κ1) is 17.2. The Morgan fingerprint density at radius 1 is 1.24 bits per heavy atom. The minimum absolute atomic E-state index is 0.000607. The van der Waals surface area contributed by atoms with Gasteiger partial charge in [-0.15, -0.1) is 0 Å². The first-order chi connectivity index (χ1) is 12.0. The van der Waals surface area contributed by atoms with E-state index in [-0.39, 0.29) is 11.7 Å². The maximum atomic E-state index is 12.1. The van der Waals surface area contributed by atoms with Crippen LogP contribution in [0, 0.1) is 0 Å². The van der Waals surface area contributed by atoms with E-state index in [0.29, 0.717) is 17.9 Å². The molecule has 25 heavy (non-hydrogen) atoms. The smallest absolute Gasteiger partial charge is 0.239 e. The molecule has 2 aromatic rings. The SMILES string of the molecule is COc1ccc(C(C)=O)cc1CN1CCc2ccccc2[C@H]1C(N)=O. The number of nitrogens with two attached hydrogens (primary N) is 1. The number of amides is 1. The largest absolute Gasteiger partial charge is 0.496 e. The van der Waals surface area contributed by atoms with Gasteiger partial charge in [0.2, 0.25) is 5.91 Å². The summed E-state index contributed by atoms with van der Waals surface area (Å²) >= 11 is 0. The molecule has 2 aromatic carbocycles. The molecule has 3 rings (SSSR count). The van der Waals surface area contributed by atoms with Gasteiger partial charge in [0.15, 0.2) is 5.78 Å². The number of carbonyl (C=O) groups is 2. The molecule has 0 bridgehead atoms. The van der Waals surface area contributed by atoms with Gasteiger partial charge in [-0.3, -0.25) is 14.5 Å². The van der Waals surface area contributed by atoms with E-state index in [0.717, 1.165) is 29.7 Å². The van der Waals surface area contributed by atoms with Crippen molar-refractivity contribution in [2.24, 2.45) is 5.73 Å². The molecule has 5 heteroatoms. The molecule has 1 atom stereocenters. The van der Waals surface area contributed by atoms with Crippen LogP contribution in [0.15, 0.2) is 42.5 Å². The predicted molar refractivity (Wildman–Crippen MR) is 95.5 cm³/mol. The van der Waals surface area contributed by atoms with Crippen LogP contribution in [0.1, 0.15) is 40.0 Å². The third-order valence-corrected chi connectivity index (χ3v) is 4.71. The molecule has 0 saturated carbocycles. The average molecular weight is 338 g/mol. The van der Waals surface area contributed by atoms with E-state index in [1.54, 1.807) is 19.2 Å². The second kappa shape index (κ2) is 7.07. The number of ether oxygens (including phenoxy) is 1. The first-order valence-corrected chi connectivity index (χ1v) is 8.30. The van der Waals surface area contributed by atoms with Gasteiger partial charge in [-0.1, -0.05) is 24.3 Å². The van der Waals surface area contributed by atoms with Gasteiger partial charge in [-0.05, 0) is 42.7 Å². The Morgan fingerprint density at radius 3 is 2.68 bits per heavy atom. The van der Waals surface area contributed by atoms with Crippen molar-refractivity contribution in [2.75, 3.05) is 13.7 Å². The highest BCUT2D eigenvalue weighted by Gasteiger charge is 2.31.